The van der Waals surface area contributed by atoms with Crippen LogP contribution in [0.2, 0.25) is 0 Å². The van der Waals surface area contributed by atoms with Gasteiger partial charge in [-0.05, 0) is 60.6 Å². The highest BCUT2D eigenvalue weighted by Crippen LogP contribution is 2.17. The maximum atomic E-state index is 12.0. The number of ether oxygens (including phenoxy) is 2. The molecule has 0 radical (unpaired) electrons. The summed E-state index contributed by atoms with van der Waals surface area (Å²) in [4.78, 5) is 12.0. The van der Waals surface area contributed by atoms with Crippen molar-refractivity contribution in [1.82, 2.24) is 5.32 Å². The van der Waals surface area contributed by atoms with Gasteiger partial charge in [-0.2, -0.15) is 0 Å². The Morgan fingerprint density at radius 3 is 2.13 bits per heavy atom. The van der Waals surface area contributed by atoms with Crippen molar-refractivity contribution in [2.24, 2.45) is 0 Å². The van der Waals surface area contributed by atoms with Crippen LogP contribution in [0.4, 0.5) is 5.69 Å². The summed E-state index contributed by atoms with van der Waals surface area (Å²) in [5.41, 5.74) is 1.89. The number of nitrogens with one attached hydrogen (secondary N) is 2. The summed E-state index contributed by atoms with van der Waals surface area (Å²) in [7, 11) is 0. The summed E-state index contributed by atoms with van der Waals surface area (Å²) in [5.74, 6) is 1.41. The van der Waals surface area contributed by atoms with E-state index in [1.54, 1.807) is 0 Å². The summed E-state index contributed by atoms with van der Waals surface area (Å²) < 4.78 is 11.3. The molecule has 3 aromatic carbocycles. The number of para-hydroxylation sites is 1. The average Bonchev–Trinajstić information content (AvgIpc) is 2.77. The molecule has 0 aliphatic heterocycles. The van der Waals surface area contributed by atoms with Crippen LogP contribution in [0.25, 0.3) is 0 Å². The van der Waals surface area contributed by atoms with Crippen LogP contribution in [-0.4, -0.2) is 17.6 Å². The largest absolute Gasteiger partial charge is 0.494 e. The minimum absolute atomic E-state index is 0.146. The van der Waals surface area contributed by atoms with Crippen molar-refractivity contribution in [1.29, 1.82) is 0 Å². The summed E-state index contributed by atoms with van der Waals surface area (Å²) in [5, 5.41) is 5.95. The molecule has 0 saturated heterocycles. The molecule has 0 aromatic heterocycles. The molecule has 0 saturated carbocycles. The van der Waals surface area contributed by atoms with Gasteiger partial charge in [-0.15, -0.1) is 0 Å². The minimum atomic E-state index is -0.146. The number of amides is 1. The van der Waals surface area contributed by atoms with Crippen LogP contribution in [0.3, 0.4) is 0 Å². The second kappa shape index (κ2) is 11.6. The second-order valence-electron chi connectivity index (χ2n) is 6.57. The van der Waals surface area contributed by atoms with Gasteiger partial charge in [-0.3, -0.25) is 4.79 Å². The molecule has 0 unspecified atom stereocenters. The fourth-order valence-corrected chi connectivity index (χ4v) is 2.90. The Morgan fingerprint density at radius 1 is 0.800 bits per heavy atom. The number of carbonyl (C=O) groups is 1. The molecule has 0 heterocycles. The lowest BCUT2D eigenvalue weighted by molar-refractivity contribution is -0.119. The molecule has 2 N–H and O–H groups in total. The lowest BCUT2D eigenvalue weighted by Crippen LogP contribution is -2.34. The summed E-state index contributed by atoms with van der Waals surface area (Å²) in [6.07, 6.45) is 0.942. The van der Waals surface area contributed by atoms with Crippen LogP contribution in [0, 0.1) is 0 Å². The van der Waals surface area contributed by atoms with Crippen LogP contribution in [-0.2, 0) is 11.4 Å². The average molecular weight is 421 g/mol. The lowest BCUT2D eigenvalue weighted by atomic mass is 10.2. The fraction of sp³-hybridized carbons (Fsp3) is 0.167. The number of rotatable bonds is 9. The lowest BCUT2D eigenvalue weighted by Gasteiger charge is -2.11. The first-order chi connectivity index (χ1) is 14.7. The van der Waals surface area contributed by atoms with Crippen LogP contribution in [0.1, 0.15) is 18.4 Å². The molecule has 5 nitrogen and oxygen atoms in total. The van der Waals surface area contributed by atoms with Gasteiger partial charge in [0.25, 0.3) is 0 Å². The van der Waals surface area contributed by atoms with Crippen LogP contribution in [0.15, 0.2) is 84.9 Å². The normalized spacial score (nSPS) is 10.1. The van der Waals surface area contributed by atoms with E-state index in [9.17, 15) is 4.79 Å². The third-order valence-electron chi connectivity index (χ3n) is 4.17. The molecule has 0 aliphatic rings. The first kappa shape index (κ1) is 21.3. The van der Waals surface area contributed by atoms with Crippen molar-refractivity contribution < 1.29 is 14.3 Å². The number of hydrogen-bond donors (Lipinski definition) is 2. The molecule has 0 aliphatic carbocycles. The topological polar surface area (TPSA) is 59.6 Å². The standard InChI is InChI=1S/C24H24N2O3S/c27-23(12-7-17-28-21-10-5-2-6-11-21)26-24(30)25-20-13-15-22(16-14-20)29-18-19-8-3-1-4-9-19/h1-6,8-11,13-16H,7,12,17-18H2,(H2,25,26,27,30). The number of hydrogen-bond acceptors (Lipinski definition) is 4. The van der Waals surface area contributed by atoms with Gasteiger partial charge < -0.3 is 20.1 Å². The Balaban J connectivity index is 1.34. The third-order valence-corrected chi connectivity index (χ3v) is 4.38. The third kappa shape index (κ3) is 7.56. The molecule has 154 valence electrons. The predicted molar refractivity (Wildman–Crippen MR) is 123 cm³/mol. The van der Waals surface area contributed by atoms with E-state index in [1.165, 1.54) is 0 Å². The van der Waals surface area contributed by atoms with Gasteiger partial charge in [0.15, 0.2) is 5.11 Å². The smallest absolute Gasteiger partial charge is 0.226 e. The van der Waals surface area contributed by atoms with Crippen LogP contribution in [0.5, 0.6) is 11.5 Å². The van der Waals surface area contributed by atoms with Crippen LogP contribution < -0.4 is 20.1 Å². The zero-order valence-electron chi connectivity index (χ0n) is 16.5. The molecule has 0 fully saturated rings. The Morgan fingerprint density at radius 2 is 1.43 bits per heavy atom. The van der Waals surface area contributed by atoms with Gasteiger partial charge in [-0.1, -0.05) is 48.5 Å². The Hall–Kier alpha value is -3.38. The van der Waals surface area contributed by atoms with E-state index >= 15 is 0 Å². The maximum absolute atomic E-state index is 12.0. The first-order valence-corrected chi connectivity index (χ1v) is 10.2. The number of carbonyl (C=O) groups excluding carboxylic acids is 1. The van der Waals surface area contributed by atoms with Gasteiger partial charge in [0, 0.05) is 12.1 Å². The Kier molecular flexibility index (Phi) is 8.23. The quantitative estimate of drug-likeness (QED) is 0.379. The van der Waals surface area contributed by atoms with E-state index in [0.717, 1.165) is 22.7 Å². The highest BCUT2D eigenvalue weighted by molar-refractivity contribution is 7.80. The van der Waals surface area contributed by atoms with Gasteiger partial charge in [0.2, 0.25) is 5.91 Å². The zero-order chi connectivity index (χ0) is 21.0. The number of thiocarbonyl (C=S) groups is 1. The van der Waals surface area contributed by atoms with E-state index in [2.05, 4.69) is 10.6 Å². The molecule has 1 amide bonds. The van der Waals surface area contributed by atoms with E-state index in [4.69, 9.17) is 21.7 Å². The zero-order valence-corrected chi connectivity index (χ0v) is 17.4. The molecule has 0 spiro atoms. The van der Waals surface area contributed by atoms with Crippen LogP contribution >= 0.6 is 12.2 Å². The van der Waals surface area contributed by atoms with Crippen molar-refractivity contribution in [3.05, 3.63) is 90.5 Å². The fourth-order valence-electron chi connectivity index (χ4n) is 2.67. The molecule has 0 bridgehead atoms. The predicted octanol–water partition coefficient (Wildman–Crippen LogP) is 4.94. The second-order valence-corrected chi connectivity index (χ2v) is 6.97. The number of anilines is 1. The molecule has 0 atom stereocenters. The minimum Gasteiger partial charge on any atom is -0.494 e. The molecule has 3 rings (SSSR count). The van der Waals surface area contributed by atoms with E-state index in [-0.39, 0.29) is 11.0 Å². The van der Waals surface area contributed by atoms with E-state index in [1.807, 2.05) is 84.9 Å². The molecule has 3 aromatic rings. The van der Waals surface area contributed by atoms with Crippen molar-refractivity contribution in [3.8, 4) is 11.5 Å². The molecule has 30 heavy (non-hydrogen) atoms. The van der Waals surface area contributed by atoms with Gasteiger partial charge in [0.05, 0.1) is 6.61 Å². The molecular weight excluding hydrogens is 396 g/mol. The molecular formula is C24H24N2O3S. The summed E-state index contributed by atoms with van der Waals surface area (Å²) in [6.45, 7) is 0.984. The van der Waals surface area contributed by atoms with Crippen molar-refractivity contribution >= 4 is 28.9 Å². The first-order valence-electron chi connectivity index (χ1n) is 9.74. The highest BCUT2D eigenvalue weighted by Gasteiger charge is 2.06. The van der Waals surface area contributed by atoms with Crippen molar-refractivity contribution in [2.75, 3.05) is 11.9 Å². The molecule has 6 heteroatoms. The van der Waals surface area contributed by atoms with Crippen molar-refractivity contribution in [3.63, 3.8) is 0 Å². The summed E-state index contributed by atoms with van der Waals surface area (Å²) >= 11 is 5.21. The van der Waals surface area contributed by atoms with Gasteiger partial charge >= 0.3 is 0 Å². The Bertz CT molecular complexity index is 932. The van der Waals surface area contributed by atoms with E-state index < -0.39 is 0 Å². The number of benzene rings is 3. The monoisotopic (exact) mass is 420 g/mol. The van der Waals surface area contributed by atoms with Gasteiger partial charge in [0.1, 0.15) is 18.1 Å². The van der Waals surface area contributed by atoms with Crippen molar-refractivity contribution in [2.45, 2.75) is 19.4 Å². The summed E-state index contributed by atoms with van der Waals surface area (Å²) in [6, 6.07) is 26.9. The highest BCUT2D eigenvalue weighted by atomic mass is 32.1. The maximum Gasteiger partial charge on any atom is 0.226 e. The SMILES string of the molecule is O=C(CCCOc1ccccc1)NC(=S)Nc1ccc(OCc2ccccc2)cc1. The van der Waals surface area contributed by atoms with Gasteiger partial charge in [-0.25, -0.2) is 0 Å². The Labute approximate surface area is 182 Å². The van der Waals surface area contributed by atoms with E-state index in [0.29, 0.717) is 26.1 Å².